The fourth-order valence-electron chi connectivity index (χ4n) is 1.75. The van der Waals surface area contributed by atoms with Crippen molar-refractivity contribution in [2.75, 3.05) is 0 Å². The van der Waals surface area contributed by atoms with Crippen molar-refractivity contribution in [3.8, 4) is 0 Å². The lowest BCUT2D eigenvalue weighted by Gasteiger charge is -2.20. The monoisotopic (exact) mass is 326 g/mol. The second kappa shape index (κ2) is 5.67. The first-order valence-electron chi connectivity index (χ1n) is 5.70. The molecule has 0 fully saturated rings. The summed E-state index contributed by atoms with van der Waals surface area (Å²) in [6, 6.07) is 10.9. The summed E-state index contributed by atoms with van der Waals surface area (Å²) in [5, 5.41) is 21.2. The third-order valence-corrected chi connectivity index (χ3v) is 3.75. The second-order valence-electron chi connectivity index (χ2n) is 4.18. The van der Waals surface area contributed by atoms with Gasteiger partial charge in [0.15, 0.2) is 4.33 Å². The van der Waals surface area contributed by atoms with Crippen LogP contribution in [0.1, 0.15) is 11.1 Å². The zero-order valence-corrected chi connectivity index (χ0v) is 11.9. The number of halogens is 2. The summed E-state index contributed by atoms with van der Waals surface area (Å²) < 4.78 is -1.45. The van der Waals surface area contributed by atoms with Crippen LogP contribution in [0.15, 0.2) is 48.5 Å². The van der Waals surface area contributed by atoms with Gasteiger partial charge in [-0.15, -0.1) is 0 Å². The van der Waals surface area contributed by atoms with Gasteiger partial charge in [-0.25, -0.2) is 0 Å². The molecule has 108 valence electrons. The molecule has 2 aromatic rings. The molecule has 0 heterocycles. The maximum absolute atomic E-state index is 10.6. The molecule has 0 bridgehead atoms. The molecule has 0 aliphatic rings. The summed E-state index contributed by atoms with van der Waals surface area (Å²) >= 11 is 12.6. The molecule has 0 atom stereocenters. The van der Waals surface area contributed by atoms with Crippen LogP contribution in [0, 0.1) is 20.2 Å². The highest BCUT2D eigenvalue weighted by atomic mass is 35.5. The smallest absolute Gasteiger partial charge is 0.258 e. The second-order valence-corrected chi connectivity index (χ2v) is 5.51. The van der Waals surface area contributed by atoms with Crippen molar-refractivity contribution in [1.29, 1.82) is 0 Å². The molecule has 0 N–H and O–H groups in total. The van der Waals surface area contributed by atoms with Crippen molar-refractivity contribution in [2.45, 2.75) is 4.33 Å². The molecule has 0 unspecified atom stereocenters. The van der Waals surface area contributed by atoms with Crippen LogP contribution >= 0.6 is 23.2 Å². The first-order chi connectivity index (χ1) is 9.82. The van der Waals surface area contributed by atoms with E-state index in [1.807, 2.05) is 0 Å². The largest absolute Gasteiger partial charge is 0.269 e. The van der Waals surface area contributed by atoms with E-state index in [2.05, 4.69) is 0 Å². The Labute approximate surface area is 129 Å². The van der Waals surface area contributed by atoms with E-state index in [0.29, 0.717) is 11.1 Å². The number of nitro benzene ring substituents is 2. The highest BCUT2D eigenvalue weighted by Gasteiger charge is 2.30. The van der Waals surface area contributed by atoms with E-state index in [-0.39, 0.29) is 11.4 Å². The van der Waals surface area contributed by atoms with Gasteiger partial charge in [-0.05, 0) is 35.4 Å². The predicted octanol–water partition coefficient (Wildman–Crippen LogP) is 4.18. The summed E-state index contributed by atoms with van der Waals surface area (Å²) in [7, 11) is 0. The zero-order valence-electron chi connectivity index (χ0n) is 10.4. The Morgan fingerprint density at radius 1 is 0.714 bits per heavy atom. The molecular formula is C13H8Cl2N2O4. The van der Waals surface area contributed by atoms with E-state index in [0.717, 1.165) is 0 Å². The van der Waals surface area contributed by atoms with Crippen LogP contribution < -0.4 is 0 Å². The number of non-ortho nitro benzene ring substituents is 2. The maximum Gasteiger partial charge on any atom is 0.269 e. The van der Waals surface area contributed by atoms with E-state index in [1.54, 1.807) is 0 Å². The third-order valence-electron chi connectivity index (χ3n) is 2.88. The van der Waals surface area contributed by atoms with Crippen molar-refractivity contribution < 1.29 is 9.85 Å². The van der Waals surface area contributed by atoms with Crippen molar-refractivity contribution >= 4 is 34.6 Å². The minimum atomic E-state index is -1.45. The number of alkyl halides is 2. The normalized spacial score (nSPS) is 11.1. The minimum absolute atomic E-state index is 0.0772. The molecule has 0 aliphatic carbocycles. The Bertz CT molecular complexity index is 625. The molecule has 21 heavy (non-hydrogen) atoms. The van der Waals surface area contributed by atoms with Gasteiger partial charge < -0.3 is 0 Å². The van der Waals surface area contributed by atoms with Gasteiger partial charge in [0.25, 0.3) is 11.4 Å². The lowest BCUT2D eigenvalue weighted by atomic mass is 10.0. The average Bonchev–Trinajstić information content (AvgIpc) is 2.47. The molecule has 6 nitrogen and oxygen atoms in total. The summed E-state index contributed by atoms with van der Waals surface area (Å²) in [4.78, 5) is 20.2. The standard InChI is InChI=1S/C13H8Cl2N2O4/c14-13(15,9-1-5-11(6-2-9)16(18)19)10-3-7-12(8-4-10)17(20)21/h1-8H. The summed E-state index contributed by atoms with van der Waals surface area (Å²) in [5.74, 6) is 0. The SMILES string of the molecule is O=[N+]([O-])c1ccc(C(Cl)(Cl)c2ccc([N+](=O)[O-])cc2)cc1. The zero-order chi connectivity index (χ0) is 15.6. The van der Waals surface area contributed by atoms with Gasteiger partial charge in [0, 0.05) is 24.3 Å². The number of hydrogen-bond donors (Lipinski definition) is 0. The summed E-state index contributed by atoms with van der Waals surface area (Å²) in [5.41, 5.74) is 0.716. The topological polar surface area (TPSA) is 86.3 Å². The summed E-state index contributed by atoms with van der Waals surface area (Å²) in [6.07, 6.45) is 0. The molecule has 2 aromatic carbocycles. The Balaban J connectivity index is 2.36. The molecule has 2 rings (SSSR count). The number of hydrogen-bond acceptors (Lipinski definition) is 4. The lowest BCUT2D eigenvalue weighted by molar-refractivity contribution is -0.385. The van der Waals surface area contributed by atoms with Crippen molar-refractivity contribution in [3.63, 3.8) is 0 Å². The van der Waals surface area contributed by atoms with Gasteiger partial charge >= 0.3 is 0 Å². The van der Waals surface area contributed by atoms with Gasteiger partial charge in [0.1, 0.15) is 0 Å². The summed E-state index contributed by atoms with van der Waals surface area (Å²) in [6.45, 7) is 0. The van der Waals surface area contributed by atoms with Crippen LogP contribution in [0.3, 0.4) is 0 Å². The van der Waals surface area contributed by atoms with Gasteiger partial charge in [-0.1, -0.05) is 23.2 Å². The molecule has 0 radical (unpaired) electrons. The van der Waals surface area contributed by atoms with Crippen molar-refractivity contribution in [2.24, 2.45) is 0 Å². The minimum Gasteiger partial charge on any atom is -0.258 e. The molecule has 8 heteroatoms. The highest BCUT2D eigenvalue weighted by molar-refractivity contribution is 6.50. The number of nitro groups is 2. The number of benzene rings is 2. The van der Waals surface area contributed by atoms with E-state index in [9.17, 15) is 20.2 Å². The number of rotatable bonds is 4. The predicted molar refractivity (Wildman–Crippen MR) is 78.7 cm³/mol. The molecule has 0 aromatic heterocycles. The first kappa shape index (κ1) is 15.2. The van der Waals surface area contributed by atoms with Crippen LogP contribution in [0.25, 0.3) is 0 Å². The Morgan fingerprint density at radius 3 is 1.24 bits per heavy atom. The average molecular weight is 327 g/mol. The molecular weight excluding hydrogens is 319 g/mol. The lowest BCUT2D eigenvalue weighted by Crippen LogP contribution is -2.12. The number of nitrogens with zero attached hydrogens (tertiary/aromatic N) is 2. The van der Waals surface area contributed by atoms with Crippen molar-refractivity contribution in [1.82, 2.24) is 0 Å². The third kappa shape index (κ3) is 3.12. The van der Waals surface area contributed by atoms with Crippen LogP contribution in [0.5, 0.6) is 0 Å². The maximum atomic E-state index is 10.6. The van der Waals surface area contributed by atoms with E-state index < -0.39 is 14.2 Å². The fourth-order valence-corrected chi connectivity index (χ4v) is 2.26. The van der Waals surface area contributed by atoms with Gasteiger partial charge in [-0.2, -0.15) is 0 Å². The van der Waals surface area contributed by atoms with Crippen LogP contribution in [0.2, 0.25) is 0 Å². The van der Waals surface area contributed by atoms with Gasteiger partial charge in [0.05, 0.1) is 9.85 Å². The molecule has 0 saturated carbocycles. The Kier molecular flexibility index (Phi) is 4.11. The van der Waals surface area contributed by atoms with Crippen molar-refractivity contribution in [3.05, 3.63) is 79.9 Å². The van der Waals surface area contributed by atoms with Crippen LogP contribution in [-0.4, -0.2) is 9.85 Å². The van der Waals surface area contributed by atoms with E-state index >= 15 is 0 Å². The van der Waals surface area contributed by atoms with Crippen LogP contribution in [0.4, 0.5) is 11.4 Å². The Morgan fingerprint density at radius 2 is 1.00 bits per heavy atom. The van der Waals surface area contributed by atoms with Gasteiger partial charge in [-0.3, -0.25) is 20.2 Å². The highest BCUT2D eigenvalue weighted by Crippen LogP contribution is 2.41. The van der Waals surface area contributed by atoms with Gasteiger partial charge in [0.2, 0.25) is 0 Å². The quantitative estimate of drug-likeness (QED) is 0.479. The fraction of sp³-hybridized carbons (Fsp3) is 0.0769. The van der Waals surface area contributed by atoms with E-state index in [1.165, 1.54) is 48.5 Å². The van der Waals surface area contributed by atoms with E-state index in [4.69, 9.17) is 23.2 Å². The Hall–Kier alpha value is -2.18. The molecule has 0 saturated heterocycles. The molecule has 0 aliphatic heterocycles. The molecule has 0 amide bonds. The first-order valence-corrected chi connectivity index (χ1v) is 6.45. The van der Waals surface area contributed by atoms with Crippen LogP contribution in [-0.2, 0) is 4.33 Å². The molecule has 0 spiro atoms.